The first-order valence-corrected chi connectivity index (χ1v) is 12.7. The fourth-order valence-electron chi connectivity index (χ4n) is 4.87. The third-order valence-electron chi connectivity index (χ3n) is 6.92. The maximum Gasteiger partial charge on any atom is 0.259 e. The first-order valence-electron chi connectivity index (χ1n) is 12.7. The Labute approximate surface area is 208 Å². The fourth-order valence-corrected chi connectivity index (χ4v) is 4.87. The minimum atomic E-state index is -1.16. The Hall–Kier alpha value is -2.96. The summed E-state index contributed by atoms with van der Waals surface area (Å²) in [6.45, 7) is 5.36. The van der Waals surface area contributed by atoms with Crippen molar-refractivity contribution < 1.29 is 14.4 Å². The van der Waals surface area contributed by atoms with Gasteiger partial charge in [0.15, 0.2) is 5.76 Å². The van der Waals surface area contributed by atoms with Crippen LogP contribution in [0.25, 0.3) is 11.3 Å². The topological polar surface area (TPSA) is 69.8 Å². The van der Waals surface area contributed by atoms with E-state index in [2.05, 4.69) is 29.1 Å². The van der Waals surface area contributed by atoms with Crippen LogP contribution in [-0.4, -0.2) is 53.2 Å². The second kappa shape index (κ2) is 11.2. The molecule has 1 fully saturated rings. The standard InChI is InChI=1S/C29H37N3O3/c1-4-5-17-29(34,24-15-13-22(14-16-24)21-32-18-9-10-19-32)20-25-26(28(33)31(2)3)27(30-35-25)23-11-7-6-8-12-23/h6-8,11-16,34H,4-5,9-10,17-21H2,1-3H3. The Morgan fingerprint density at radius 1 is 1.09 bits per heavy atom. The number of rotatable bonds is 10. The first-order chi connectivity index (χ1) is 16.9. The number of carbonyl (C=O) groups is 1. The van der Waals surface area contributed by atoms with E-state index in [9.17, 15) is 9.90 Å². The number of nitrogens with zero attached hydrogens (tertiary/aromatic N) is 3. The molecular formula is C29H37N3O3. The lowest BCUT2D eigenvalue weighted by atomic mass is 9.83. The van der Waals surface area contributed by atoms with E-state index in [0.717, 1.165) is 43.6 Å². The van der Waals surface area contributed by atoms with Crippen molar-refractivity contribution in [1.29, 1.82) is 0 Å². The minimum Gasteiger partial charge on any atom is -0.385 e. The third kappa shape index (κ3) is 5.82. The molecule has 2 heterocycles. The van der Waals surface area contributed by atoms with E-state index < -0.39 is 5.60 Å². The number of amides is 1. The molecule has 0 bridgehead atoms. The van der Waals surface area contributed by atoms with E-state index in [-0.39, 0.29) is 12.3 Å². The molecule has 1 saturated heterocycles. The minimum absolute atomic E-state index is 0.182. The summed E-state index contributed by atoms with van der Waals surface area (Å²) >= 11 is 0. The van der Waals surface area contributed by atoms with E-state index in [1.807, 2.05) is 42.5 Å². The van der Waals surface area contributed by atoms with Gasteiger partial charge in [-0.25, -0.2) is 0 Å². The van der Waals surface area contributed by atoms with Crippen molar-refractivity contribution in [2.24, 2.45) is 0 Å². The Bertz CT molecular complexity index is 1100. The number of unbranched alkanes of at least 4 members (excludes halogenated alkanes) is 1. The van der Waals surface area contributed by atoms with E-state index in [4.69, 9.17) is 4.52 Å². The Kier molecular flexibility index (Phi) is 8.04. The predicted octanol–water partition coefficient (Wildman–Crippen LogP) is 5.26. The summed E-state index contributed by atoms with van der Waals surface area (Å²) in [5.41, 5.74) is 2.69. The van der Waals surface area contributed by atoms with Crippen LogP contribution in [0.15, 0.2) is 59.1 Å². The van der Waals surface area contributed by atoms with Gasteiger partial charge in [0, 0.05) is 32.6 Å². The molecule has 0 radical (unpaired) electrons. The van der Waals surface area contributed by atoms with Gasteiger partial charge in [-0.1, -0.05) is 79.5 Å². The number of hydrogen-bond donors (Lipinski definition) is 1. The number of likely N-dealkylation sites (tertiary alicyclic amines) is 1. The zero-order chi connectivity index (χ0) is 24.8. The van der Waals surface area contributed by atoms with E-state index in [1.54, 1.807) is 14.1 Å². The average Bonchev–Trinajstić information content (AvgIpc) is 3.53. The van der Waals surface area contributed by atoms with Crippen molar-refractivity contribution in [3.8, 4) is 11.3 Å². The lowest BCUT2D eigenvalue weighted by Crippen LogP contribution is -2.30. The smallest absolute Gasteiger partial charge is 0.259 e. The normalized spacial score (nSPS) is 15.8. The van der Waals surface area contributed by atoms with Crippen LogP contribution in [-0.2, 0) is 18.6 Å². The van der Waals surface area contributed by atoms with Gasteiger partial charge in [0.25, 0.3) is 5.91 Å². The first kappa shape index (κ1) is 25.1. The van der Waals surface area contributed by atoms with Gasteiger partial charge >= 0.3 is 0 Å². The van der Waals surface area contributed by atoms with Gasteiger partial charge < -0.3 is 14.5 Å². The van der Waals surface area contributed by atoms with Gasteiger partial charge in [-0.2, -0.15) is 0 Å². The number of benzene rings is 2. The van der Waals surface area contributed by atoms with Crippen molar-refractivity contribution in [1.82, 2.24) is 15.0 Å². The van der Waals surface area contributed by atoms with Crippen LogP contribution in [0, 0.1) is 0 Å². The highest BCUT2D eigenvalue weighted by molar-refractivity contribution is 6.00. The molecule has 0 saturated carbocycles. The van der Waals surface area contributed by atoms with Crippen molar-refractivity contribution in [2.45, 2.75) is 57.6 Å². The van der Waals surface area contributed by atoms with Crippen LogP contribution in [0.3, 0.4) is 0 Å². The van der Waals surface area contributed by atoms with Crippen LogP contribution in [0.2, 0.25) is 0 Å². The third-order valence-corrected chi connectivity index (χ3v) is 6.92. The van der Waals surface area contributed by atoms with E-state index in [0.29, 0.717) is 23.4 Å². The summed E-state index contributed by atoms with van der Waals surface area (Å²) in [7, 11) is 3.44. The van der Waals surface area contributed by atoms with Gasteiger partial charge in [-0.3, -0.25) is 9.69 Å². The molecule has 2 aromatic carbocycles. The number of hydrogen-bond acceptors (Lipinski definition) is 5. The molecule has 6 heteroatoms. The zero-order valence-corrected chi connectivity index (χ0v) is 21.2. The number of aromatic nitrogens is 1. The molecular weight excluding hydrogens is 438 g/mol. The predicted molar refractivity (Wildman–Crippen MR) is 138 cm³/mol. The van der Waals surface area contributed by atoms with Crippen LogP contribution in [0.5, 0.6) is 0 Å². The molecule has 1 aliphatic rings. The lowest BCUT2D eigenvalue weighted by molar-refractivity contribution is 0.0189. The maximum atomic E-state index is 13.2. The van der Waals surface area contributed by atoms with Gasteiger partial charge in [-0.05, 0) is 43.5 Å². The largest absolute Gasteiger partial charge is 0.385 e. The summed E-state index contributed by atoms with van der Waals surface area (Å²) in [5, 5.41) is 16.2. The molecule has 1 aliphatic heterocycles. The van der Waals surface area contributed by atoms with Crippen LogP contribution < -0.4 is 0 Å². The number of aliphatic hydroxyl groups is 1. The molecule has 6 nitrogen and oxygen atoms in total. The average molecular weight is 476 g/mol. The Morgan fingerprint density at radius 3 is 2.40 bits per heavy atom. The second-order valence-corrected chi connectivity index (χ2v) is 9.89. The monoisotopic (exact) mass is 475 g/mol. The van der Waals surface area contributed by atoms with Crippen LogP contribution in [0.1, 0.15) is 66.3 Å². The molecule has 1 aromatic heterocycles. The van der Waals surface area contributed by atoms with Gasteiger partial charge in [0.2, 0.25) is 0 Å². The van der Waals surface area contributed by atoms with Gasteiger partial charge in [0.1, 0.15) is 11.3 Å². The molecule has 1 N–H and O–H groups in total. The highest BCUT2D eigenvalue weighted by atomic mass is 16.5. The molecule has 0 spiro atoms. The fraction of sp³-hybridized carbons (Fsp3) is 0.448. The molecule has 1 amide bonds. The van der Waals surface area contributed by atoms with Crippen LogP contribution in [0.4, 0.5) is 0 Å². The zero-order valence-electron chi connectivity index (χ0n) is 21.2. The summed E-state index contributed by atoms with van der Waals surface area (Å²) in [4.78, 5) is 17.2. The lowest BCUT2D eigenvalue weighted by Gasteiger charge is -2.29. The van der Waals surface area contributed by atoms with Crippen molar-refractivity contribution in [2.75, 3.05) is 27.2 Å². The van der Waals surface area contributed by atoms with E-state index >= 15 is 0 Å². The number of carbonyl (C=O) groups excluding carboxylic acids is 1. The highest BCUT2D eigenvalue weighted by Crippen LogP contribution is 2.35. The summed E-state index contributed by atoms with van der Waals surface area (Å²) < 4.78 is 5.77. The molecule has 35 heavy (non-hydrogen) atoms. The molecule has 3 aromatic rings. The molecule has 4 rings (SSSR count). The van der Waals surface area contributed by atoms with Gasteiger partial charge in [0.05, 0.1) is 5.60 Å². The van der Waals surface area contributed by atoms with Crippen molar-refractivity contribution in [3.63, 3.8) is 0 Å². The second-order valence-electron chi connectivity index (χ2n) is 9.89. The Balaban J connectivity index is 1.66. The molecule has 186 valence electrons. The molecule has 1 atom stereocenters. The molecule has 1 unspecified atom stereocenters. The molecule has 0 aliphatic carbocycles. The van der Waals surface area contributed by atoms with Gasteiger partial charge in [-0.15, -0.1) is 0 Å². The maximum absolute atomic E-state index is 13.2. The van der Waals surface area contributed by atoms with Crippen LogP contribution >= 0.6 is 0 Å². The SMILES string of the molecule is CCCCC(O)(Cc1onc(-c2ccccc2)c1C(=O)N(C)C)c1ccc(CN2CCCC2)cc1. The Morgan fingerprint density at radius 2 is 1.77 bits per heavy atom. The van der Waals surface area contributed by atoms with Crippen molar-refractivity contribution >= 4 is 5.91 Å². The quantitative estimate of drug-likeness (QED) is 0.433. The summed E-state index contributed by atoms with van der Waals surface area (Å²) in [6.07, 6.45) is 5.13. The summed E-state index contributed by atoms with van der Waals surface area (Å²) in [5.74, 6) is 0.237. The highest BCUT2D eigenvalue weighted by Gasteiger charge is 2.35. The van der Waals surface area contributed by atoms with Crippen molar-refractivity contribution in [3.05, 3.63) is 77.0 Å². The summed E-state index contributed by atoms with van der Waals surface area (Å²) in [6, 6.07) is 17.9. The van der Waals surface area contributed by atoms with E-state index in [1.165, 1.54) is 23.3 Å².